The first kappa shape index (κ1) is 11.8. The van der Waals surface area contributed by atoms with E-state index in [2.05, 4.69) is 4.98 Å². The topological polar surface area (TPSA) is 50.3 Å². The van der Waals surface area contributed by atoms with Gasteiger partial charge in [-0.3, -0.25) is 14.6 Å². The molecule has 0 radical (unpaired) electrons. The van der Waals surface area contributed by atoms with Crippen molar-refractivity contribution in [2.75, 3.05) is 13.1 Å². The highest BCUT2D eigenvalue weighted by Crippen LogP contribution is 2.19. The van der Waals surface area contributed by atoms with Gasteiger partial charge in [-0.05, 0) is 31.9 Å². The fourth-order valence-electron chi connectivity index (χ4n) is 2.16. The van der Waals surface area contributed by atoms with Crippen molar-refractivity contribution in [2.24, 2.45) is 5.92 Å². The van der Waals surface area contributed by atoms with Crippen LogP contribution in [0.15, 0.2) is 24.5 Å². The Balaban J connectivity index is 1.98. The second-order valence-electron chi connectivity index (χ2n) is 4.42. The van der Waals surface area contributed by atoms with Crippen LogP contribution in [0.4, 0.5) is 0 Å². The zero-order valence-electron chi connectivity index (χ0n) is 9.93. The van der Waals surface area contributed by atoms with Gasteiger partial charge in [0.25, 0.3) is 5.91 Å². The fourth-order valence-corrected chi connectivity index (χ4v) is 2.16. The van der Waals surface area contributed by atoms with Crippen LogP contribution in [0.3, 0.4) is 0 Å². The average Bonchev–Trinajstić information content (AvgIpc) is 2.39. The maximum Gasteiger partial charge on any atom is 0.255 e. The molecule has 1 fully saturated rings. The Bertz CT molecular complexity index is 409. The van der Waals surface area contributed by atoms with Gasteiger partial charge < -0.3 is 4.90 Å². The van der Waals surface area contributed by atoms with Gasteiger partial charge in [0.1, 0.15) is 5.78 Å². The van der Waals surface area contributed by atoms with Crippen molar-refractivity contribution in [3.05, 3.63) is 30.1 Å². The molecule has 1 aliphatic rings. The van der Waals surface area contributed by atoms with Crippen molar-refractivity contribution in [1.29, 1.82) is 0 Å². The third kappa shape index (κ3) is 2.70. The molecule has 0 bridgehead atoms. The number of rotatable bonds is 2. The van der Waals surface area contributed by atoms with Crippen molar-refractivity contribution in [3.8, 4) is 0 Å². The first-order chi connectivity index (χ1) is 8.18. The van der Waals surface area contributed by atoms with Gasteiger partial charge in [-0.1, -0.05) is 0 Å². The summed E-state index contributed by atoms with van der Waals surface area (Å²) in [5.74, 6) is 0.381. The Hall–Kier alpha value is -1.71. The third-order valence-corrected chi connectivity index (χ3v) is 3.27. The molecule has 1 aromatic heterocycles. The molecular formula is C13H16N2O2. The first-order valence-electron chi connectivity index (χ1n) is 5.88. The number of carbonyl (C=O) groups excluding carboxylic acids is 2. The monoisotopic (exact) mass is 232 g/mol. The van der Waals surface area contributed by atoms with Gasteiger partial charge >= 0.3 is 0 Å². The normalized spacial score (nSPS) is 16.9. The van der Waals surface area contributed by atoms with E-state index in [0.29, 0.717) is 18.7 Å². The smallest absolute Gasteiger partial charge is 0.255 e. The molecule has 0 aromatic carbocycles. The molecule has 0 saturated carbocycles. The molecule has 1 saturated heterocycles. The Labute approximate surface area is 101 Å². The molecule has 1 aromatic rings. The number of ketones is 1. The number of nitrogens with zero attached hydrogens (tertiary/aromatic N) is 2. The van der Waals surface area contributed by atoms with Crippen LogP contribution in [0.25, 0.3) is 0 Å². The summed E-state index contributed by atoms with van der Waals surface area (Å²) in [5, 5.41) is 0. The van der Waals surface area contributed by atoms with Crippen LogP contribution in [-0.2, 0) is 4.79 Å². The van der Waals surface area contributed by atoms with Gasteiger partial charge in [-0.2, -0.15) is 0 Å². The molecule has 0 N–H and O–H groups in total. The second-order valence-corrected chi connectivity index (χ2v) is 4.42. The number of aromatic nitrogens is 1. The number of hydrogen-bond donors (Lipinski definition) is 0. The molecule has 2 rings (SSSR count). The maximum absolute atomic E-state index is 12.1. The van der Waals surface area contributed by atoms with Crippen molar-refractivity contribution >= 4 is 11.7 Å². The van der Waals surface area contributed by atoms with Crippen molar-refractivity contribution < 1.29 is 9.59 Å². The molecule has 0 atom stereocenters. The fraction of sp³-hybridized carbons (Fsp3) is 0.462. The predicted molar refractivity (Wildman–Crippen MR) is 63.5 cm³/mol. The summed E-state index contributed by atoms with van der Waals surface area (Å²) in [6.45, 7) is 2.96. The molecule has 0 unspecified atom stereocenters. The predicted octanol–water partition coefficient (Wildman–Crippen LogP) is 1.52. The number of carbonyl (C=O) groups is 2. The summed E-state index contributed by atoms with van der Waals surface area (Å²) < 4.78 is 0. The quantitative estimate of drug-likeness (QED) is 0.776. The first-order valence-corrected chi connectivity index (χ1v) is 5.88. The lowest BCUT2D eigenvalue weighted by Crippen LogP contribution is -2.39. The molecule has 1 aliphatic heterocycles. The summed E-state index contributed by atoms with van der Waals surface area (Å²) in [6, 6.07) is 3.53. The summed E-state index contributed by atoms with van der Waals surface area (Å²) in [7, 11) is 0. The zero-order chi connectivity index (χ0) is 12.3. The Morgan fingerprint density at radius 1 is 1.35 bits per heavy atom. The lowest BCUT2D eigenvalue weighted by Gasteiger charge is -2.30. The minimum Gasteiger partial charge on any atom is -0.339 e. The molecule has 2 heterocycles. The Morgan fingerprint density at radius 3 is 2.59 bits per heavy atom. The van der Waals surface area contributed by atoms with Crippen LogP contribution < -0.4 is 0 Å². The van der Waals surface area contributed by atoms with E-state index in [-0.39, 0.29) is 17.6 Å². The van der Waals surface area contributed by atoms with Crippen molar-refractivity contribution in [3.63, 3.8) is 0 Å². The van der Waals surface area contributed by atoms with Crippen LogP contribution >= 0.6 is 0 Å². The molecular weight excluding hydrogens is 216 g/mol. The number of hydrogen-bond acceptors (Lipinski definition) is 3. The SMILES string of the molecule is CC(=O)C1CCN(C(=O)c2cccnc2)CC1. The van der Waals surface area contributed by atoms with E-state index >= 15 is 0 Å². The molecule has 4 heteroatoms. The second kappa shape index (κ2) is 5.08. The van der Waals surface area contributed by atoms with E-state index in [0.717, 1.165) is 12.8 Å². The van der Waals surface area contributed by atoms with Crippen LogP contribution in [0.2, 0.25) is 0 Å². The number of piperidine rings is 1. The van der Waals surface area contributed by atoms with E-state index in [9.17, 15) is 9.59 Å². The van der Waals surface area contributed by atoms with Crippen molar-refractivity contribution in [2.45, 2.75) is 19.8 Å². The van der Waals surface area contributed by atoms with Gasteiger partial charge in [0.05, 0.1) is 5.56 Å². The van der Waals surface area contributed by atoms with Gasteiger partial charge in [0.15, 0.2) is 0 Å². The average molecular weight is 232 g/mol. The van der Waals surface area contributed by atoms with Crippen LogP contribution in [0.1, 0.15) is 30.1 Å². The molecule has 1 amide bonds. The standard InChI is InChI=1S/C13H16N2O2/c1-10(16)11-4-7-15(8-5-11)13(17)12-3-2-6-14-9-12/h2-3,6,9,11H,4-5,7-8H2,1H3. The molecule has 0 spiro atoms. The van der Waals surface area contributed by atoms with Gasteiger partial charge in [0.2, 0.25) is 0 Å². The van der Waals surface area contributed by atoms with E-state index in [4.69, 9.17) is 0 Å². The highest BCUT2D eigenvalue weighted by atomic mass is 16.2. The summed E-state index contributed by atoms with van der Waals surface area (Å²) in [5.41, 5.74) is 0.619. The Kier molecular flexibility index (Phi) is 3.52. The maximum atomic E-state index is 12.1. The van der Waals surface area contributed by atoms with E-state index < -0.39 is 0 Å². The highest BCUT2D eigenvalue weighted by molar-refractivity contribution is 5.94. The third-order valence-electron chi connectivity index (χ3n) is 3.27. The Morgan fingerprint density at radius 2 is 2.06 bits per heavy atom. The summed E-state index contributed by atoms with van der Waals surface area (Å²) >= 11 is 0. The largest absolute Gasteiger partial charge is 0.339 e. The van der Waals surface area contributed by atoms with Crippen LogP contribution in [0.5, 0.6) is 0 Å². The van der Waals surface area contributed by atoms with Crippen LogP contribution in [0, 0.1) is 5.92 Å². The van der Waals surface area contributed by atoms with Gasteiger partial charge in [0, 0.05) is 31.4 Å². The van der Waals surface area contributed by atoms with Gasteiger partial charge in [-0.25, -0.2) is 0 Å². The summed E-state index contributed by atoms with van der Waals surface area (Å²) in [4.78, 5) is 29.1. The number of pyridine rings is 1. The zero-order valence-corrected chi connectivity index (χ0v) is 9.93. The molecule has 17 heavy (non-hydrogen) atoms. The van der Waals surface area contributed by atoms with E-state index in [1.54, 1.807) is 36.4 Å². The molecule has 0 aliphatic carbocycles. The highest BCUT2D eigenvalue weighted by Gasteiger charge is 2.25. The number of likely N-dealkylation sites (tertiary alicyclic amines) is 1. The lowest BCUT2D eigenvalue weighted by atomic mass is 9.93. The van der Waals surface area contributed by atoms with Crippen LogP contribution in [-0.4, -0.2) is 34.7 Å². The molecule has 4 nitrogen and oxygen atoms in total. The number of amides is 1. The molecule has 90 valence electrons. The minimum absolute atomic E-state index is 0.0140. The number of Topliss-reactive ketones (excluding diaryl/α,β-unsaturated/α-hetero) is 1. The van der Waals surface area contributed by atoms with Gasteiger partial charge in [-0.15, -0.1) is 0 Å². The van der Waals surface area contributed by atoms with E-state index in [1.165, 1.54) is 0 Å². The van der Waals surface area contributed by atoms with E-state index in [1.807, 2.05) is 0 Å². The lowest BCUT2D eigenvalue weighted by molar-refractivity contribution is -0.121. The van der Waals surface area contributed by atoms with Crippen molar-refractivity contribution in [1.82, 2.24) is 9.88 Å². The minimum atomic E-state index is 0.0140. The summed E-state index contributed by atoms with van der Waals surface area (Å²) in [6.07, 6.45) is 4.79.